The zero-order valence-corrected chi connectivity index (χ0v) is 17.4. The van der Waals surface area contributed by atoms with Crippen LogP contribution in [0.3, 0.4) is 0 Å². The highest BCUT2D eigenvalue weighted by Crippen LogP contribution is 2.26. The van der Waals surface area contributed by atoms with Crippen molar-refractivity contribution in [2.75, 3.05) is 31.6 Å². The largest absolute Gasteiger partial charge is 0.491 e. The quantitative estimate of drug-likeness (QED) is 0.615. The molecule has 6 heteroatoms. The van der Waals surface area contributed by atoms with Crippen LogP contribution in [0.25, 0.3) is 0 Å². The average Bonchev–Trinajstić information content (AvgIpc) is 2.73. The molecule has 0 radical (unpaired) electrons. The number of para-hydroxylation sites is 2. The lowest BCUT2D eigenvalue weighted by Gasteiger charge is -2.32. The second-order valence-corrected chi connectivity index (χ2v) is 7.83. The number of Topliss-reactive ketones (excluding diaryl/α,β-unsaturated/α-hetero) is 1. The van der Waals surface area contributed by atoms with Crippen molar-refractivity contribution in [1.29, 1.82) is 0 Å². The van der Waals surface area contributed by atoms with Gasteiger partial charge in [-0.25, -0.2) is 4.39 Å². The van der Waals surface area contributed by atoms with E-state index in [1.54, 1.807) is 12.1 Å². The van der Waals surface area contributed by atoms with Crippen LogP contribution < -0.4 is 10.1 Å². The molecule has 1 aliphatic rings. The number of amides is 1. The molecule has 5 nitrogen and oxygen atoms in total. The first-order valence-corrected chi connectivity index (χ1v) is 10.5. The number of carbonyl (C=O) groups excluding carboxylic acids is 2. The molecule has 0 saturated carbocycles. The molecule has 1 saturated heterocycles. The first kappa shape index (κ1) is 22.0. The first-order valence-electron chi connectivity index (χ1n) is 10.5. The molecule has 0 aromatic heterocycles. The minimum Gasteiger partial charge on any atom is -0.491 e. The minimum absolute atomic E-state index is 0.0569. The third-order valence-corrected chi connectivity index (χ3v) is 5.32. The van der Waals surface area contributed by atoms with Crippen molar-refractivity contribution < 1.29 is 18.7 Å². The number of anilines is 1. The lowest BCUT2D eigenvalue weighted by atomic mass is 9.98. The van der Waals surface area contributed by atoms with E-state index in [2.05, 4.69) is 10.2 Å². The molecule has 3 rings (SSSR count). The van der Waals surface area contributed by atoms with Gasteiger partial charge < -0.3 is 15.0 Å². The molecule has 160 valence electrons. The number of likely N-dealkylation sites (tertiary alicyclic amines) is 1. The number of nitrogens with one attached hydrogen (secondary N) is 1. The van der Waals surface area contributed by atoms with E-state index in [4.69, 9.17) is 4.74 Å². The summed E-state index contributed by atoms with van der Waals surface area (Å²) in [5.74, 6) is 0.714. The molecule has 1 heterocycles. The maximum absolute atomic E-state index is 13.0. The van der Waals surface area contributed by atoms with Crippen molar-refractivity contribution in [3.63, 3.8) is 0 Å². The Labute approximate surface area is 177 Å². The van der Waals surface area contributed by atoms with E-state index in [-0.39, 0.29) is 17.5 Å². The smallest absolute Gasteiger partial charge is 0.221 e. The van der Waals surface area contributed by atoms with E-state index in [9.17, 15) is 14.0 Å². The Hall–Kier alpha value is -2.73. The molecule has 1 N–H and O–H groups in total. The fraction of sp³-hybridized carbons (Fsp3) is 0.417. The Balaban J connectivity index is 1.43. The van der Waals surface area contributed by atoms with Gasteiger partial charge in [-0.3, -0.25) is 9.59 Å². The number of nitrogens with zero attached hydrogens (tertiary/aromatic N) is 1. The number of benzene rings is 2. The fourth-order valence-electron chi connectivity index (χ4n) is 3.83. The summed E-state index contributed by atoms with van der Waals surface area (Å²) in [5.41, 5.74) is 1.26. The van der Waals surface area contributed by atoms with Gasteiger partial charge in [-0.15, -0.1) is 0 Å². The summed E-state index contributed by atoms with van der Waals surface area (Å²) in [4.78, 5) is 26.0. The Bertz CT molecular complexity index is 854. The molecule has 1 aliphatic heterocycles. The first-order chi connectivity index (χ1) is 14.5. The number of carbonyl (C=O) groups is 2. The molecular formula is C24H29FN2O3. The summed E-state index contributed by atoms with van der Waals surface area (Å²) in [5, 5.41) is 2.80. The highest BCUT2D eigenvalue weighted by Gasteiger charge is 2.21. The lowest BCUT2D eigenvalue weighted by Crippen LogP contribution is -2.38. The fourth-order valence-corrected chi connectivity index (χ4v) is 3.83. The number of ether oxygens (including phenoxy) is 1. The topological polar surface area (TPSA) is 58.6 Å². The molecule has 0 aliphatic carbocycles. The zero-order valence-electron chi connectivity index (χ0n) is 17.4. The molecule has 0 spiro atoms. The van der Waals surface area contributed by atoms with E-state index < -0.39 is 0 Å². The van der Waals surface area contributed by atoms with Crippen molar-refractivity contribution in [2.24, 2.45) is 5.92 Å². The predicted octanol–water partition coefficient (Wildman–Crippen LogP) is 4.54. The minimum atomic E-state index is -0.326. The van der Waals surface area contributed by atoms with Crippen LogP contribution in [0.1, 0.15) is 43.0 Å². The Morgan fingerprint density at radius 2 is 1.93 bits per heavy atom. The molecule has 0 unspecified atom stereocenters. The third-order valence-electron chi connectivity index (χ3n) is 5.32. The predicted molar refractivity (Wildman–Crippen MR) is 115 cm³/mol. The van der Waals surface area contributed by atoms with E-state index >= 15 is 0 Å². The van der Waals surface area contributed by atoms with E-state index in [0.717, 1.165) is 38.9 Å². The number of hydrogen-bond donors (Lipinski definition) is 1. The number of halogens is 1. The second-order valence-electron chi connectivity index (χ2n) is 7.83. The van der Waals surface area contributed by atoms with Gasteiger partial charge in [-0.1, -0.05) is 12.1 Å². The molecule has 0 bridgehead atoms. The Morgan fingerprint density at radius 1 is 1.17 bits per heavy atom. The summed E-state index contributed by atoms with van der Waals surface area (Å²) in [6, 6.07) is 13.2. The molecule has 2 aromatic carbocycles. The van der Waals surface area contributed by atoms with Crippen LogP contribution in [0, 0.1) is 11.7 Å². The average molecular weight is 413 g/mol. The lowest BCUT2D eigenvalue weighted by molar-refractivity contribution is -0.114. The summed E-state index contributed by atoms with van der Waals surface area (Å²) < 4.78 is 19.0. The van der Waals surface area contributed by atoms with Crippen LogP contribution in [0.2, 0.25) is 0 Å². The third kappa shape index (κ3) is 6.66. The molecule has 30 heavy (non-hydrogen) atoms. The molecular weight excluding hydrogens is 383 g/mol. The van der Waals surface area contributed by atoms with Crippen LogP contribution in [-0.4, -0.2) is 42.8 Å². The van der Waals surface area contributed by atoms with Gasteiger partial charge in [0.25, 0.3) is 0 Å². The highest BCUT2D eigenvalue weighted by atomic mass is 19.1. The van der Waals surface area contributed by atoms with E-state index in [1.165, 1.54) is 19.1 Å². The van der Waals surface area contributed by atoms with Crippen LogP contribution in [-0.2, 0) is 4.79 Å². The van der Waals surface area contributed by atoms with Gasteiger partial charge in [0, 0.05) is 31.4 Å². The number of rotatable bonds is 9. The van der Waals surface area contributed by atoms with E-state index in [0.29, 0.717) is 35.9 Å². The normalized spacial score (nSPS) is 16.8. The monoisotopic (exact) mass is 412 g/mol. The van der Waals surface area contributed by atoms with Crippen molar-refractivity contribution in [2.45, 2.75) is 32.6 Å². The number of ketones is 1. The van der Waals surface area contributed by atoms with Gasteiger partial charge >= 0.3 is 0 Å². The van der Waals surface area contributed by atoms with Crippen molar-refractivity contribution in [3.8, 4) is 5.75 Å². The van der Waals surface area contributed by atoms with Gasteiger partial charge in [0.2, 0.25) is 5.91 Å². The van der Waals surface area contributed by atoms with Crippen molar-refractivity contribution in [1.82, 2.24) is 4.90 Å². The van der Waals surface area contributed by atoms with Gasteiger partial charge in [0.1, 0.15) is 11.6 Å². The van der Waals surface area contributed by atoms with Gasteiger partial charge in [0.15, 0.2) is 5.78 Å². The van der Waals surface area contributed by atoms with Crippen LogP contribution in [0.4, 0.5) is 10.1 Å². The number of piperidine rings is 1. The maximum Gasteiger partial charge on any atom is 0.221 e. The summed E-state index contributed by atoms with van der Waals surface area (Å²) in [6.45, 7) is 4.92. The second kappa shape index (κ2) is 10.9. The maximum atomic E-state index is 13.0. The number of hydrogen-bond acceptors (Lipinski definition) is 4. The van der Waals surface area contributed by atoms with Crippen molar-refractivity contribution in [3.05, 3.63) is 59.9 Å². The summed E-state index contributed by atoms with van der Waals surface area (Å²) >= 11 is 0. The van der Waals surface area contributed by atoms with Gasteiger partial charge in [0.05, 0.1) is 12.3 Å². The highest BCUT2D eigenvalue weighted by molar-refractivity contribution is 5.96. The van der Waals surface area contributed by atoms with Gasteiger partial charge in [-0.05, 0) is 68.8 Å². The molecule has 1 atom stereocenters. The van der Waals surface area contributed by atoms with Crippen LogP contribution >= 0.6 is 0 Å². The van der Waals surface area contributed by atoms with E-state index in [1.807, 2.05) is 24.3 Å². The Kier molecular flexibility index (Phi) is 7.97. The standard InChI is InChI=1S/C24H29FN2O3/c1-18(28)26-22-7-2-3-9-24(22)30-17-19-6-4-14-27(16-19)15-5-8-23(29)20-10-12-21(25)13-11-20/h2-3,7,9-13,19H,4-6,8,14-17H2,1H3,(H,26,28)/t19-/m0/s1. The van der Waals surface area contributed by atoms with Gasteiger partial charge in [-0.2, -0.15) is 0 Å². The molecule has 2 aromatic rings. The summed E-state index contributed by atoms with van der Waals surface area (Å²) in [7, 11) is 0. The molecule has 1 fully saturated rings. The van der Waals surface area contributed by atoms with Crippen molar-refractivity contribution >= 4 is 17.4 Å². The van der Waals surface area contributed by atoms with Crippen LogP contribution in [0.5, 0.6) is 5.75 Å². The Morgan fingerprint density at radius 3 is 2.70 bits per heavy atom. The SMILES string of the molecule is CC(=O)Nc1ccccc1OC[C@H]1CCCN(CCCC(=O)c2ccc(F)cc2)C1. The molecule has 1 amide bonds. The zero-order chi connectivity index (χ0) is 21.3. The summed E-state index contributed by atoms with van der Waals surface area (Å²) in [6.07, 6.45) is 3.46. The van der Waals surface area contributed by atoms with Crippen LogP contribution in [0.15, 0.2) is 48.5 Å².